The molecule has 0 spiro atoms. The Kier molecular flexibility index (Phi) is 43.9. The highest BCUT2D eigenvalue weighted by molar-refractivity contribution is 7.45. The summed E-state index contributed by atoms with van der Waals surface area (Å²) in [6, 6.07) is -0.879. The largest absolute Gasteiger partial charge is 0.756 e. The summed E-state index contributed by atoms with van der Waals surface area (Å²) in [4.78, 5) is 25.3. The van der Waals surface area contributed by atoms with Crippen molar-refractivity contribution in [2.75, 3.05) is 40.9 Å². The van der Waals surface area contributed by atoms with Crippen molar-refractivity contribution >= 4 is 13.7 Å². The van der Waals surface area contributed by atoms with E-state index < -0.39 is 20.0 Å². The van der Waals surface area contributed by atoms with E-state index in [-0.39, 0.29) is 19.1 Å². The first-order chi connectivity index (χ1) is 29.5. The monoisotopic (exact) mass is 885 g/mol. The third kappa shape index (κ3) is 47.0. The molecule has 3 atom stereocenters. The minimum absolute atomic E-state index is 0.00187. The van der Waals surface area contributed by atoms with Gasteiger partial charge in [0.2, 0.25) is 5.91 Å². The molecule has 0 aliphatic carbocycles. The number of phosphoric ester groups is 1. The molecule has 3 unspecified atom stereocenters. The van der Waals surface area contributed by atoms with E-state index in [1.807, 2.05) is 27.2 Å². The van der Waals surface area contributed by atoms with Crippen molar-refractivity contribution in [2.45, 2.75) is 276 Å². The second kappa shape index (κ2) is 44.4. The van der Waals surface area contributed by atoms with E-state index in [9.17, 15) is 19.4 Å². The van der Waals surface area contributed by atoms with Crippen LogP contribution in [0.3, 0.4) is 0 Å². The Morgan fingerprint density at radius 2 is 0.885 bits per heavy atom. The highest BCUT2D eigenvalue weighted by Crippen LogP contribution is 2.38. The van der Waals surface area contributed by atoms with E-state index in [4.69, 9.17) is 9.05 Å². The first-order valence-electron chi connectivity index (χ1n) is 26.6. The van der Waals surface area contributed by atoms with Crippen molar-refractivity contribution in [2.24, 2.45) is 0 Å². The van der Waals surface area contributed by atoms with E-state index in [2.05, 4.69) is 19.2 Å². The van der Waals surface area contributed by atoms with Crippen molar-refractivity contribution in [1.82, 2.24) is 5.32 Å². The average molecular weight is 885 g/mol. The van der Waals surface area contributed by atoms with Crippen LogP contribution in [0.2, 0.25) is 0 Å². The first-order valence-corrected chi connectivity index (χ1v) is 28.0. The fourth-order valence-electron chi connectivity index (χ4n) is 8.04. The lowest BCUT2D eigenvalue weighted by molar-refractivity contribution is -0.870. The van der Waals surface area contributed by atoms with Crippen LogP contribution in [0.1, 0.15) is 264 Å². The van der Waals surface area contributed by atoms with Gasteiger partial charge < -0.3 is 28.8 Å². The van der Waals surface area contributed by atoms with Crippen LogP contribution in [0.5, 0.6) is 0 Å². The van der Waals surface area contributed by atoms with Crippen molar-refractivity contribution < 1.29 is 32.9 Å². The molecule has 9 heteroatoms. The number of nitrogens with one attached hydrogen (secondary N) is 1. The number of hydrogen-bond donors (Lipinski definition) is 2. The highest BCUT2D eigenvalue weighted by Gasteiger charge is 2.23. The lowest BCUT2D eigenvalue weighted by atomic mass is 10.0. The van der Waals surface area contributed by atoms with Gasteiger partial charge in [0.25, 0.3) is 7.82 Å². The molecule has 0 aromatic heterocycles. The summed E-state index contributed by atoms with van der Waals surface area (Å²) in [5.41, 5.74) is 0. The Morgan fingerprint density at radius 1 is 0.557 bits per heavy atom. The molecule has 0 aliphatic heterocycles. The van der Waals surface area contributed by atoms with E-state index in [1.165, 1.54) is 205 Å². The maximum Gasteiger partial charge on any atom is 0.268 e. The molecule has 2 N–H and O–H groups in total. The third-order valence-electron chi connectivity index (χ3n) is 12.2. The Balaban J connectivity index is 3.93. The Bertz CT molecular complexity index is 1000. The Labute approximate surface area is 380 Å². The van der Waals surface area contributed by atoms with E-state index in [0.29, 0.717) is 17.4 Å². The van der Waals surface area contributed by atoms with Gasteiger partial charge in [0, 0.05) is 6.42 Å². The summed E-state index contributed by atoms with van der Waals surface area (Å²) < 4.78 is 23.2. The molecular weight excluding hydrogens is 780 g/mol. The number of rotatable bonds is 49. The van der Waals surface area contributed by atoms with Crippen LogP contribution in [0.25, 0.3) is 0 Å². The van der Waals surface area contributed by atoms with Gasteiger partial charge in [-0.05, 0) is 19.3 Å². The van der Waals surface area contributed by atoms with Crippen LogP contribution in [-0.4, -0.2) is 68.5 Å². The lowest BCUT2D eigenvalue weighted by Crippen LogP contribution is -2.45. The predicted molar refractivity (Wildman–Crippen MR) is 261 cm³/mol. The second-order valence-corrected chi connectivity index (χ2v) is 21.0. The van der Waals surface area contributed by atoms with Gasteiger partial charge >= 0.3 is 0 Å². The maximum absolute atomic E-state index is 12.9. The molecule has 0 radical (unpaired) electrons. The quantitative estimate of drug-likeness (QED) is 0.0273. The zero-order valence-electron chi connectivity index (χ0n) is 41.4. The minimum atomic E-state index is -4.58. The highest BCUT2D eigenvalue weighted by atomic mass is 31.2. The van der Waals surface area contributed by atoms with Crippen LogP contribution in [0.4, 0.5) is 0 Å². The number of carbonyl (C=O) groups excluding carboxylic acids is 1. The number of aliphatic hydroxyl groups is 1. The molecule has 1 amide bonds. The molecule has 8 nitrogen and oxygen atoms in total. The third-order valence-corrected chi connectivity index (χ3v) is 13.2. The summed E-state index contributed by atoms with van der Waals surface area (Å²) in [5, 5.41) is 13.7. The number of allylic oxidation sites excluding steroid dienone is 1. The summed E-state index contributed by atoms with van der Waals surface area (Å²) in [7, 11) is 1.27. The second-order valence-electron chi connectivity index (χ2n) is 19.6. The fraction of sp³-hybridized carbons (Fsp3) is 0.942. The smallest absolute Gasteiger partial charge is 0.268 e. The van der Waals surface area contributed by atoms with Crippen molar-refractivity contribution in [3.63, 3.8) is 0 Å². The van der Waals surface area contributed by atoms with Crippen molar-refractivity contribution in [1.29, 1.82) is 0 Å². The van der Waals surface area contributed by atoms with Crippen LogP contribution in [0.15, 0.2) is 12.2 Å². The summed E-state index contributed by atoms with van der Waals surface area (Å²) in [5.74, 6) is -0.194. The summed E-state index contributed by atoms with van der Waals surface area (Å²) >= 11 is 0. The number of nitrogens with zero attached hydrogens (tertiary/aromatic N) is 1. The molecule has 61 heavy (non-hydrogen) atoms. The molecule has 0 rings (SSSR count). The lowest BCUT2D eigenvalue weighted by Gasteiger charge is -2.29. The van der Waals surface area contributed by atoms with Gasteiger partial charge in [-0.25, -0.2) is 0 Å². The molecule has 0 fully saturated rings. The van der Waals surface area contributed by atoms with E-state index in [1.54, 1.807) is 6.08 Å². The zero-order chi connectivity index (χ0) is 45.0. The van der Waals surface area contributed by atoms with E-state index in [0.717, 1.165) is 38.5 Å². The number of phosphoric acid groups is 1. The van der Waals surface area contributed by atoms with Gasteiger partial charge in [-0.1, -0.05) is 251 Å². The molecule has 0 aromatic carbocycles. The van der Waals surface area contributed by atoms with Gasteiger partial charge in [-0.2, -0.15) is 0 Å². The first kappa shape index (κ1) is 60.2. The molecule has 0 aliphatic rings. The minimum Gasteiger partial charge on any atom is -0.756 e. The van der Waals surface area contributed by atoms with E-state index >= 15 is 0 Å². The van der Waals surface area contributed by atoms with Crippen LogP contribution < -0.4 is 10.2 Å². The average Bonchev–Trinajstić information content (AvgIpc) is 3.21. The van der Waals surface area contributed by atoms with Gasteiger partial charge in [0.1, 0.15) is 13.2 Å². The predicted octanol–water partition coefficient (Wildman–Crippen LogP) is 14.8. The molecule has 0 saturated carbocycles. The molecule has 0 saturated heterocycles. The Hall–Kier alpha value is -0.760. The van der Waals surface area contributed by atoms with Gasteiger partial charge in [-0.15, -0.1) is 0 Å². The van der Waals surface area contributed by atoms with Crippen LogP contribution in [0, 0.1) is 0 Å². The number of carbonyl (C=O) groups is 1. The normalized spacial score (nSPS) is 14.1. The van der Waals surface area contributed by atoms with Gasteiger partial charge in [0.15, 0.2) is 0 Å². The fourth-order valence-corrected chi connectivity index (χ4v) is 8.76. The van der Waals surface area contributed by atoms with Gasteiger partial charge in [0.05, 0.1) is 39.9 Å². The molecular formula is C52H105N2O6P. The van der Waals surface area contributed by atoms with Crippen molar-refractivity contribution in [3.8, 4) is 0 Å². The molecule has 0 bridgehead atoms. The number of aliphatic hydroxyl groups excluding tert-OH is 1. The maximum atomic E-state index is 12.9. The molecule has 0 heterocycles. The number of unbranched alkanes of at least 4 members (excludes halogenated alkanes) is 36. The topological polar surface area (TPSA) is 108 Å². The van der Waals surface area contributed by atoms with Gasteiger partial charge in [-0.3, -0.25) is 9.36 Å². The number of likely N-dealkylation sites (N-methyl/N-ethyl adjacent to an activating group) is 1. The molecule has 364 valence electrons. The number of quaternary nitrogens is 1. The molecule has 0 aromatic rings. The van der Waals surface area contributed by atoms with Crippen LogP contribution >= 0.6 is 7.82 Å². The van der Waals surface area contributed by atoms with Crippen molar-refractivity contribution in [3.05, 3.63) is 12.2 Å². The summed E-state index contributed by atoms with van der Waals surface area (Å²) in [6.07, 6.45) is 53.1. The zero-order valence-corrected chi connectivity index (χ0v) is 42.3. The number of amides is 1. The SMILES string of the molecule is CCCCCCCCC/C=C/C(O)C(COP(=O)([O-])OCC[N+](C)(C)C)NC(=O)CCCCCCCCCCCCCCCCCCCCCCCCCCCCCCCC. The summed E-state index contributed by atoms with van der Waals surface area (Å²) in [6.45, 7) is 4.64. The standard InChI is InChI=1S/C52H105N2O6P/c1-6-8-10-12-14-16-17-18-19-20-21-22-23-24-25-26-27-28-29-30-31-32-33-34-35-36-38-40-42-44-46-52(56)53-50(49-60-61(57,58)59-48-47-54(3,4)5)51(55)45-43-41-39-37-15-13-11-9-7-2/h43,45,50-51,55H,6-42,44,46-49H2,1-5H3,(H-,53,56,57,58)/b45-43+. The van der Waals surface area contributed by atoms with Crippen LogP contribution in [-0.2, 0) is 18.4 Å². The number of hydrogen-bond acceptors (Lipinski definition) is 6. The Morgan fingerprint density at radius 3 is 1.23 bits per heavy atom.